The summed E-state index contributed by atoms with van der Waals surface area (Å²) in [5.41, 5.74) is 0.222. The molecule has 0 bridgehead atoms. The van der Waals surface area contributed by atoms with E-state index >= 15 is 0 Å². The number of hydrogen-bond acceptors (Lipinski definition) is 3. The summed E-state index contributed by atoms with van der Waals surface area (Å²) in [6.07, 6.45) is 0. The molecule has 0 spiro atoms. The number of fused-ring (bicyclic) bond motifs is 1. The number of hydrogen-bond donors (Lipinski definition) is 0. The van der Waals surface area contributed by atoms with E-state index in [0.29, 0.717) is 0 Å². The highest BCUT2D eigenvalue weighted by atomic mass is 35.5. The quantitative estimate of drug-likeness (QED) is 0.715. The van der Waals surface area contributed by atoms with E-state index < -0.39 is 35.9 Å². The van der Waals surface area contributed by atoms with Gasteiger partial charge in [0.25, 0.3) is 11.8 Å². The van der Waals surface area contributed by atoms with Crippen molar-refractivity contribution in [1.29, 1.82) is 0 Å². The van der Waals surface area contributed by atoms with Crippen LogP contribution < -0.4 is 4.90 Å². The van der Waals surface area contributed by atoms with E-state index in [9.17, 15) is 23.2 Å². The third-order valence-electron chi connectivity index (χ3n) is 4.14. The minimum atomic E-state index is -1.11. The summed E-state index contributed by atoms with van der Waals surface area (Å²) in [6, 6.07) is 5.56. The SMILES string of the molecule is CCN(C(=O)CN1C(=O)c2cc(Cl)c(Cl)cc2C1=O)c1ccc(F)c(F)c1. The fraction of sp³-hybridized carbons (Fsp3) is 0.167. The molecular weight excluding hydrogens is 401 g/mol. The highest BCUT2D eigenvalue weighted by Gasteiger charge is 2.38. The average Bonchev–Trinajstić information content (AvgIpc) is 2.84. The van der Waals surface area contributed by atoms with Crippen molar-refractivity contribution in [2.24, 2.45) is 0 Å². The molecule has 3 rings (SSSR count). The standard InChI is InChI=1S/C18H12Cl2F2N2O3/c1-2-23(9-3-4-14(21)15(22)5-9)16(25)8-24-17(26)10-6-12(19)13(20)7-11(10)18(24)27/h3-7H,2,8H2,1H3. The minimum absolute atomic E-state index is 0.0538. The van der Waals surface area contributed by atoms with Crippen molar-refractivity contribution in [3.05, 3.63) is 63.1 Å². The molecule has 27 heavy (non-hydrogen) atoms. The third-order valence-corrected chi connectivity index (χ3v) is 4.86. The van der Waals surface area contributed by atoms with Gasteiger partial charge in [-0.2, -0.15) is 0 Å². The summed E-state index contributed by atoms with van der Waals surface area (Å²) >= 11 is 11.8. The zero-order valence-corrected chi connectivity index (χ0v) is 15.4. The molecule has 0 N–H and O–H groups in total. The van der Waals surface area contributed by atoms with Gasteiger partial charge in [0.15, 0.2) is 11.6 Å². The van der Waals surface area contributed by atoms with Crippen molar-refractivity contribution in [3.8, 4) is 0 Å². The van der Waals surface area contributed by atoms with E-state index in [4.69, 9.17) is 23.2 Å². The number of imide groups is 1. The molecule has 0 atom stereocenters. The molecule has 0 aliphatic carbocycles. The molecule has 1 aliphatic heterocycles. The Morgan fingerprint density at radius 3 is 2.04 bits per heavy atom. The lowest BCUT2D eigenvalue weighted by Gasteiger charge is -2.23. The van der Waals surface area contributed by atoms with Crippen LogP contribution in [0, 0.1) is 11.6 Å². The Hall–Kier alpha value is -2.51. The highest BCUT2D eigenvalue weighted by Crippen LogP contribution is 2.31. The van der Waals surface area contributed by atoms with E-state index in [1.165, 1.54) is 18.2 Å². The van der Waals surface area contributed by atoms with E-state index in [-0.39, 0.29) is 33.4 Å². The molecule has 0 aromatic heterocycles. The van der Waals surface area contributed by atoms with Crippen molar-refractivity contribution >= 4 is 46.6 Å². The van der Waals surface area contributed by atoms with Crippen LogP contribution in [0.2, 0.25) is 10.0 Å². The van der Waals surface area contributed by atoms with Crippen molar-refractivity contribution in [1.82, 2.24) is 4.90 Å². The molecule has 5 nitrogen and oxygen atoms in total. The normalized spacial score (nSPS) is 13.1. The van der Waals surface area contributed by atoms with Gasteiger partial charge in [0, 0.05) is 18.3 Å². The lowest BCUT2D eigenvalue weighted by molar-refractivity contribution is -0.118. The van der Waals surface area contributed by atoms with Gasteiger partial charge in [-0.1, -0.05) is 23.2 Å². The number of likely N-dealkylation sites (N-methyl/N-ethyl adjacent to an activating group) is 1. The molecule has 2 aromatic carbocycles. The number of carbonyl (C=O) groups is 3. The van der Waals surface area contributed by atoms with Gasteiger partial charge in [-0.15, -0.1) is 0 Å². The monoisotopic (exact) mass is 412 g/mol. The summed E-state index contributed by atoms with van der Waals surface area (Å²) < 4.78 is 26.6. The Balaban J connectivity index is 1.86. The first kappa shape index (κ1) is 19.3. The van der Waals surface area contributed by atoms with Gasteiger partial charge >= 0.3 is 0 Å². The Kier molecular flexibility index (Phi) is 5.17. The molecule has 3 amide bonds. The minimum Gasteiger partial charge on any atom is -0.311 e. The van der Waals surface area contributed by atoms with Gasteiger partial charge in [-0.25, -0.2) is 8.78 Å². The van der Waals surface area contributed by atoms with Crippen molar-refractivity contribution < 1.29 is 23.2 Å². The summed E-state index contributed by atoms with van der Waals surface area (Å²) in [5, 5.41) is 0.225. The molecule has 0 saturated heterocycles. The number of rotatable bonds is 4. The summed E-state index contributed by atoms with van der Waals surface area (Å²) in [4.78, 5) is 39.5. The lowest BCUT2D eigenvalue weighted by Crippen LogP contribution is -2.42. The van der Waals surface area contributed by atoms with Gasteiger partial charge < -0.3 is 4.90 Å². The highest BCUT2D eigenvalue weighted by molar-refractivity contribution is 6.43. The molecule has 0 fully saturated rings. The predicted molar refractivity (Wildman–Crippen MR) is 96.2 cm³/mol. The van der Waals surface area contributed by atoms with Crippen LogP contribution in [0.4, 0.5) is 14.5 Å². The van der Waals surface area contributed by atoms with Crippen molar-refractivity contribution in [2.45, 2.75) is 6.92 Å². The second kappa shape index (κ2) is 7.25. The van der Waals surface area contributed by atoms with Crippen molar-refractivity contribution in [2.75, 3.05) is 18.0 Å². The molecule has 9 heteroatoms. The topological polar surface area (TPSA) is 57.7 Å². The Labute approximate surface area is 163 Å². The number of anilines is 1. The fourth-order valence-electron chi connectivity index (χ4n) is 2.80. The van der Waals surface area contributed by atoms with Crippen LogP contribution in [0.5, 0.6) is 0 Å². The van der Waals surface area contributed by atoms with E-state index in [0.717, 1.165) is 21.9 Å². The Morgan fingerprint density at radius 2 is 1.56 bits per heavy atom. The maximum atomic E-state index is 13.5. The summed E-state index contributed by atoms with van der Waals surface area (Å²) in [5.74, 6) is -4.14. The zero-order chi connectivity index (χ0) is 19.9. The van der Waals surface area contributed by atoms with Crippen LogP contribution in [-0.4, -0.2) is 35.7 Å². The van der Waals surface area contributed by atoms with Crippen LogP contribution >= 0.6 is 23.2 Å². The number of halogens is 4. The molecule has 1 aliphatic rings. The Bertz CT molecular complexity index is 940. The summed E-state index contributed by atoms with van der Waals surface area (Å²) in [7, 11) is 0. The Morgan fingerprint density at radius 1 is 1.00 bits per heavy atom. The molecule has 0 unspecified atom stereocenters. The smallest absolute Gasteiger partial charge is 0.262 e. The number of benzene rings is 2. The third kappa shape index (κ3) is 3.40. The molecule has 0 saturated carbocycles. The second-order valence-corrected chi connectivity index (χ2v) is 6.56. The second-order valence-electron chi connectivity index (χ2n) is 5.74. The van der Waals surface area contributed by atoms with E-state index in [1.54, 1.807) is 6.92 Å². The molecular formula is C18H12Cl2F2N2O3. The lowest BCUT2D eigenvalue weighted by atomic mass is 10.1. The van der Waals surface area contributed by atoms with E-state index in [1.807, 2.05) is 0 Å². The van der Waals surface area contributed by atoms with Gasteiger partial charge in [-0.3, -0.25) is 19.3 Å². The number of nitrogens with zero attached hydrogens (tertiary/aromatic N) is 2. The molecule has 0 radical (unpaired) electrons. The number of amides is 3. The van der Waals surface area contributed by atoms with Gasteiger partial charge in [-0.05, 0) is 31.2 Å². The first-order valence-corrected chi connectivity index (χ1v) is 8.60. The van der Waals surface area contributed by atoms with Crippen LogP contribution in [0.1, 0.15) is 27.6 Å². The maximum Gasteiger partial charge on any atom is 0.262 e. The van der Waals surface area contributed by atoms with Crippen LogP contribution in [0.3, 0.4) is 0 Å². The van der Waals surface area contributed by atoms with E-state index in [2.05, 4.69) is 0 Å². The van der Waals surface area contributed by atoms with Crippen molar-refractivity contribution in [3.63, 3.8) is 0 Å². The largest absolute Gasteiger partial charge is 0.311 e. The molecule has 2 aromatic rings. The number of carbonyl (C=O) groups excluding carboxylic acids is 3. The van der Waals surface area contributed by atoms with Gasteiger partial charge in [0.2, 0.25) is 5.91 Å². The van der Waals surface area contributed by atoms with Gasteiger partial charge in [0.1, 0.15) is 6.54 Å². The summed E-state index contributed by atoms with van der Waals surface area (Å²) in [6.45, 7) is 1.19. The average molecular weight is 413 g/mol. The first-order valence-electron chi connectivity index (χ1n) is 7.85. The van der Waals surface area contributed by atoms with Gasteiger partial charge in [0.05, 0.1) is 21.2 Å². The fourth-order valence-corrected chi connectivity index (χ4v) is 3.13. The maximum absolute atomic E-state index is 13.5. The first-order chi connectivity index (χ1) is 12.7. The predicted octanol–water partition coefficient (Wildman–Crippen LogP) is 3.92. The van der Waals surface area contributed by atoms with Crippen LogP contribution in [0.15, 0.2) is 30.3 Å². The molecule has 140 valence electrons. The zero-order valence-electron chi connectivity index (χ0n) is 13.9. The van der Waals surface area contributed by atoms with Crippen LogP contribution in [0.25, 0.3) is 0 Å². The van der Waals surface area contributed by atoms with Crippen LogP contribution in [-0.2, 0) is 4.79 Å². The molecule has 1 heterocycles.